The lowest BCUT2D eigenvalue weighted by Crippen LogP contribution is -2.25. The van der Waals surface area contributed by atoms with Crippen LogP contribution >= 0.6 is 0 Å². The number of allylic oxidation sites excluding steroid dienone is 4. The molecule has 23 heavy (non-hydrogen) atoms. The average molecular weight is 328 g/mol. The molecule has 0 aromatic heterocycles. The second kappa shape index (κ2) is 19.0. The van der Waals surface area contributed by atoms with Crippen LogP contribution in [-0.2, 0) is 4.79 Å². The maximum Gasteiger partial charge on any atom is 0.220 e. The fourth-order valence-corrected chi connectivity index (χ4v) is 2.26. The van der Waals surface area contributed by atoms with Crippen molar-refractivity contribution in [2.75, 3.05) is 13.1 Å². The molecule has 0 aliphatic rings. The van der Waals surface area contributed by atoms with E-state index in [2.05, 4.69) is 31.2 Å². The molecule has 0 radical (unpaired) electrons. The fraction of sp³-hybridized carbons (Fsp3) is 0.750. The van der Waals surface area contributed by atoms with Gasteiger partial charge in [0.15, 0.2) is 0 Å². The molecule has 0 aromatic carbocycles. The van der Waals surface area contributed by atoms with E-state index in [0.717, 1.165) is 38.5 Å². The summed E-state index contributed by atoms with van der Waals surface area (Å²) in [6.45, 7) is -3.66. The molecule has 3 nitrogen and oxygen atoms in total. The summed E-state index contributed by atoms with van der Waals surface area (Å²) in [5, 5.41) is 10.9. The smallest absolute Gasteiger partial charge is 0.220 e. The number of carbonyl (C=O) groups is 1. The van der Waals surface area contributed by atoms with Crippen molar-refractivity contribution in [3.8, 4) is 0 Å². The molecule has 0 bridgehead atoms. The Labute approximate surface area is 148 Å². The largest absolute Gasteiger partial charge is 0.395 e. The molecule has 0 saturated heterocycles. The van der Waals surface area contributed by atoms with Crippen molar-refractivity contribution in [3.63, 3.8) is 0 Å². The summed E-state index contributed by atoms with van der Waals surface area (Å²) in [6.07, 6.45) is 20.9. The lowest BCUT2D eigenvalue weighted by Gasteiger charge is -2.03. The first kappa shape index (κ1) is 15.4. The molecule has 0 aromatic rings. The van der Waals surface area contributed by atoms with Crippen LogP contribution in [-0.4, -0.2) is 24.1 Å². The van der Waals surface area contributed by atoms with Crippen LogP contribution in [0, 0.1) is 0 Å². The van der Waals surface area contributed by atoms with Gasteiger partial charge >= 0.3 is 0 Å². The Balaban J connectivity index is 3.54. The number of hydrogen-bond acceptors (Lipinski definition) is 2. The van der Waals surface area contributed by atoms with Crippen LogP contribution in [0.15, 0.2) is 24.3 Å². The van der Waals surface area contributed by atoms with Crippen LogP contribution in [0.25, 0.3) is 0 Å². The summed E-state index contributed by atoms with van der Waals surface area (Å²) >= 11 is 0. The van der Waals surface area contributed by atoms with Crippen molar-refractivity contribution in [2.24, 2.45) is 0 Å². The van der Waals surface area contributed by atoms with E-state index in [1.54, 1.807) is 0 Å². The summed E-state index contributed by atoms with van der Waals surface area (Å²) < 4.78 is 28.5. The summed E-state index contributed by atoms with van der Waals surface area (Å²) in [4.78, 5) is 11.6. The van der Waals surface area contributed by atoms with Crippen LogP contribution in [0.1, 0.15) is 89.5 Å². The zero-order valence-electron chi connectivity index (χ0n) is 18.7. The SMILES string of the molecule is [2H]C([2H])(O)C([2H])([2H])NC(=O)CCCCCCC/C=C/C/C=C/CCCCC. The molecule has 134 valence electrons. The first-order chi connectivity index (χ1) is 12.7. The maximum atomic E-state index is 11.6. The first-order valence-corrected chi connectivity index (χ1v) is 9.04. The molecular formula is C20H37NO2. The zero-order chi connectivity index (χ0) is 20.6. The highest BCUT2D eigenvalue weighted by Crippen LogP contribution is 2.08. The first-order valence-electron chi connectivity index (χ1n) is 11.0. The Morgan fingerprint density at radius 3 is 2.22 bits per heavy atom. The van der Waals surface area contributed by atoms with Crippen LogP contribution < -0.4 is 5.32 Å². The molecule has 0 aliphatic carbocycles. The van der Waals surface area contributed by atoms with Crippen molar-refractivity contribution >= 4 is 5.91 Å². The van der Waals surface area contributed by atoms with E-state index < -0.39 is 19.0 Å². The van der Waals surface area contributed by atoms with E-state index >= 15 is 0 Å². The Hall–Kier alpha value is -1.09. The minimum absolute atomic E-state index is 0.139. The third kappa shape index (κ3) is 18.9. The van der Waals surface area contributed by atoms with Crippen molar-refractivity contribution in [1.29, 1.82) is 0 Å². The monoisotopic (exact) mass is 327 g/mol. The molecular weight excluding hydrogens is 286 g/mol. The van der Waals surface area contributed by atoms with E-state index in [1.165, 1.54) is 25.7 Å². The van der Waals surface area contributed by atoms with Gasteiger partial charge in [0.2, 0.25) is 5.91 Å². The highest BCUT2D eigenvalue weighted by molar-refractivity contribution is 5.75. The molecule has 3 heteroatoms. The Kier molecular flexibility index (Phi) is 12.7. The van der Waals surface area contributed by atoms with Gasteiger partial charge in [0, 0.05) is 12.9 Å². The van der Waals surface area contributed by atoms with Gasteiger partial charge in [-0.1, -0.05) is 63.3 Å². The van der Waals surface area contributed by atoms with Crippen molar-refractivity contribution in [1.82, 2.24) is 5.32 Å². The Morgan fingerprint density at radius 2 is 1.57 bits per heavy atom. The summed E-state index contributed by atoms with van der Waals surface area (Å²) in [7, 11) is 0. The number of aliphatic hydroxyl groups is 1. The second-order valence-corrected chi connectivity index (χ2v) is 5.77. The molecule has 0 spiro atoms. The van der Waals surface area contributed by atoms with E-state index in [0.29, 0.717) is 6.42 Å². The molecule has 0 rings (SSSR count). The number of hydrogen-bond donors (Lipinski definition) is 2. The second-order valence-electron chi connectivity index (χ2n) is 5.77. The molecule has 0 atom stereocenters. The van der Waals surface area contributed by atoms with Gasteiger partial charge in [-0.3, -0.25) is 4.79 Å². The Morgan fingerprint density at radius 1 is 0.957 bits per heavy atom. The molecule has 0 heterocycles. The van der Waals surface area contributed by atoms with Gasteiger partial charge < -0.3 is 10.4 Å². The minimum Gasteiger partial charge on any atom is -0.395 e. The van der Waals surface area contributed by atoms with Gasteiger partial charge in [0.1, 0.15) is 0 Å². The standard InChI is InChI=1S/C20H37NO2/c1-2-3-4-5-6-7-8-9-10-11-12-13-14-15-16-17-20(23)21-18-19-22/h6-7,9-10,22H,2-5,8,11-19H2,1H3,(H,21,23)/b7-6+,10-9+/i18D2,19D2. The molecule has 0 saturated carbocycles. The maximum absolute atomic E-state index is 11.6. The van der Waals surface area contributed by atoms with Crippen molar-refractivity contribution in [2.45, 2.75) is 84.0 Å². The highest BCUT2D eigenvalue weighted by Gasteiger charge is 1.99. The van der Waals surface area contributed by atoms with Crippen LogP contribution in [0.3, 0.4) is 0 Å². The zero-order valence-corrected chi connectivity index (χ0v) is 14.7. The average Bonchev–Trinajstić information content (AvgIpc) is 2.57. The third-order valence-electron chi connectivity index (χ3n) is 3.61. The van der Waals surface area contributed by atoms with Gasteiger partial charge in [-0.2, -0.15) is 0 Å². The molecule has 0 aliphatic heterocycles. The van der Waals surface area contributed by atoms with Gasteiger partial charge in [-0.05, 0) is 38.5 Å². The lowest BCUT2D eigenvalue weighted by molar-refractivity contribution is -0.121. The van der Waals surface area contributed by atoms with Gasteiger partial charge in [0.05, 0.1) is 12.0 Å². The van der Waals surface area contributed by atoms with Crippen LogP contribution in [0.5, 0.6) is 0 Å². The summed E-state index contributed by atoms with van der Waals surface area (Å²) in [6, 6.07) is 0. The predicted molar refractivity (Wildman–Crippen MR) is 99.5 cm³/mol. The molecule has 1 amide bonds. The molecule has 0 unspecified atom stereocenters. The minimum atomic E-state index is -3.10. The third-order valence-corrected chi connectivity index (χ3v) is 3.61. The number of carbonyl (C=O) groups excluding carboxylic acids is 1. The summed E-state index contributed by atoms with van der Waals surface area (Å²) in [5.74, 6) is -0.580. The van der Waals surface area contributed by atoms with Crippen LogP contribution in [0.4, 0.5) is 0 Å². The van der Waals surface area contributed by atoms with Gasteiger partial charge in [0.25, 0.3) is 0 Å². The lowest BCUT2D eigenvalue weighted by atomic mass is 10.1. The topological polar surface area (TPSA) is 49.3 Å². The van der Waals surface area contributed by atoms with Crippen molar-refractivity contribution in [3.05, 3.63) is 24.3 Å². The van der Waals surface area contributed by atoms with E-state index in [-0.39, 0.29) is 6.42 Å². The summed E-state index contributed by atoms with van der Waals surface area (Å²) in [5.41, 5.74) is 0. The number of nitrogens with one attached hydrogen (secondary N) is 1. The molecule has 0 fully saturated rings. The molecule has 2 N–H and O–H groups in total. The van der Waals surface area contributed by atoms with E-state index in [4.69, 9.17) is 10.6 Å². The quantitative estimate of drug-likeness (QED) is 0.313. The normalized spacial score (nSPS) is 15.4. The van der Waals surface area contributed by atoms with E-state index in [9.17, 15) is 4.79 Å². The van der Waals surface area contributed by atoms with Crippen LogP contribution in [0.2, 0.25) is 0 Å². The van der Waals surface area contributed by atoms with Gasteiger partial charge in [-0.15, -0.1) is 0 Å². The highest BCUT2D eigenvalue weighted by atomic mass is 16.3. The number of rotatable bonds is 16. The predicted octanol–water partition coefficient (Wildman–Crippen LogP) is 4.91. The number of amides is 1. The van der Waals surface area contributed by atoms with Gasteiger partial charge in [-0.25, -0.2) is 0 Å². The van der Waals surface area contributed by atoms with E-state index in [1.807, 2.05) is 5.32 Å². The number of unbranched alkanes of at least 4 members (excludes halogenated alkanes) is 8. The Bertz CT molecular complexity index is 446. The fourth-order valence-electron chi connectivity index (χ4n) is 2.26. The van der Waals surface area contributed by atoms with Crippen molar-refractivity contribution < 1.29 is 15.4 Å².